The molecule has 1 atom stereocenters. The number of aliphatic hydroxyl groups is 1. The van der Waals surface area contributed by atoms with E-state index in [-0.39, 0.29) is 5.91 Å². The molecule has 1 amide bonds. The smallest absolute Gasteiger partial charge is 0.329 e. The van der Waals surface area contributed by atoms with Crippen LogP contribution >= 0.6 is 0 Å². The van der Waals surface area contributed by atoms with Crippen molar-refractivity contribution in [3.8, 4) is 0 Å². The Balaban J connectivity index is 0.000000292. The highest BCUT2D eigenvalue weighted by molar-refractivity contribution is 5.87. The van der Waals surface area contributed by atoms with Gasteiger partial charge in [-0.1, -0.05) is 0 Å². The third-order valence-electron chi connectivity index (χ3n) is 1.43. The van der Waals surface area contributed by atoms with Crippen LogP contribution in [0, 0.1) is 0 Å². The number of carbonyl (C=O) groups is 3. The first kappa shape index (κ1) is 12.4. The minimum atomic E-state index is -1.19. The van der Waals surface area contributed by atoms with Crippen molar-refractivity contribution < 1.29 is 29.7 Å². The zero-order valence-electron chi connectivity index (χ0n) is 7.27. The fraction of sp³-hybridized carbons (Fsp3) is 0.571. The third-order valence-corrected chi connectivity index (χ3v) is 1.43. The van der Waals surface area contributed by atoms with E-state index in [4.69, 9.17) is 20.1 Å². The maximum Gasteiger partial charge on any atom is 0.329 e. The molecule has 0 aliphatic carbocycles. The Kier molecular flexibility index (Phi) is 5.23. The molecule has 1 rings (SSSR count). The lowest BCUT2D eigenvalue weighted by molar-refractivity contribution is -0.140. The first-order valence-corrected chi connectivity index (χ1v) is 3.82. The molecule has 0 aromatic rings. The van der Waals surface area contributed by atoms with Gasteiger partial charge in [0.05, 0.1) is 0 Å². The van der Waals surface area contributed by atoms with Crippen LogP contribution in [0.4, 0.5) is 0 Å². The van der Waals surface area contributed by atoms with Crippen molar-refractivity contribution in [2.75, 3.05) is 6.61 Å². The van der Waals surface area contributed by atoms with E-state index in [0.29, 0.717) is 12.8 Å². The van der Waals surface area contributed by atoms with E-state index in [1.54, 1.807) is 0 Å². The normalized spacial score (nSPS) is 19.2. The predicted octanol–water partition coefficient (Wildman–Crippen LogP) is -1.59. The molecule has 0 aromatic heterocycles. The summed E-state index contributed by atoms with van der Waals surface area (Å²) in [5, 5.41) is 25.6. The van der Waals surface area contributed by atoms with Crippen LogP contribution in [0.5, 0.6) is 0 Å². The van der Waals surface area contributed by atoms with E-state index in [9.17, 15) is 9.59 Å². The molecule has 80 valence electrons. The van der Waals surface area contributed by atoms with E-state index in [2.05, 4.69) is 5.32 Å². The number of carbonyl (C=O) groups excluding carboxylic acids is 1. The molecule has 1 heterocycles. The summed E-state index contributed by atoms with van der Waals surface area (Å²) in [5.74, 6) is -2.30. The first-order chi connectivity index (χ1) is 6.47. The van der Waals surface area contributed by atoms with Crippen molar-refractivity contribution in [2.45, 2.75) is 18.9 Å². The number of hydrogen-bond donors (Lipinski definition) is 4. The number of carboxylic acids is 2. The molecule has 1 unspecified atom stereocenters. The molecule has 1 fully saturated rings. The van der Waals surface area contributed by atoms with Crippen molar-refractivity contribution in [1.29, 1.82) is 0 Å². The molecule has 0 bridgehead atoms. The number of hydrogen-bond acceptors (Lipinski definition) is 4. The Morgan fingerprint density at radius 3 is 2.07 bits per heavy atom. The second kappa shape index (κ2) is 5.92. The van der Waals surface area contributed by atoms with Crippen molar-refractivity contribution >= 4 is 17.8 Å². The van der Waals surface area contributed by atoms with Gasteiger partial charge in [0.2, 0.25) is 5.91 Å². The van der Waals surface area contributed by atoms with Crippen LogP contribution in [0.2, 0.25) is 0 Å². The molecule has 0 radical (unpaired) electrons. The largest absolute Gasteiger partial charge is 0.480 e. The standard InChI is InChI=1S/C5H7NO3.C2H4O3/c7-4-2-1-3(6-4)5(8)9;3-1-2(4)5/h3H,1-2H2,(H,6,7)(H,8,9);3H,1H2,(H,4,5). The Labute approximate surface area is 79.3 Å². The molecule has 7 heteroatoms. The Hall–Kier alpha value is -1.63. The van der Waals surface area contributed by atoms with Crippen molar-refractivity contribution in [3.63, 3.8) is 0 Å². The van der Waals surface area contributed by atoms with E-state index in [1.165, 1.54) is 0 Å². The van der Waals surface area contributed by atoms with Crippen LogP contribution in [0.25, 0.3) is 0 Å². The summed E-state index contributed by atoms with van der Waals surface area (Å²) in [6.45, 7) is -0.778. The second-order valence-electron chi connectivity index (χ2n) is 2.55. The Morgan fingerprint density at radius 1 is 1.43 bits per heavy atom. The number of aliphatic hydroxyl groups excluding tert-OH is 1. The minimum absolute atomic E-state index is 0.164. The average Bonchev–Trinajstić information content (AvgIpc) is 2.53. The summed E-state index contributed by atoms with van der Waals surface area (Å²) in [6.07, 6.45) is 0.769. The zero-order chi connectivity index (χ0) is 11.1. The summed E-state index contributed by atoms with van der Waals surface area (Å²) < 4.78 is 0. The van der Waals surface area contributed by atoms with Crippen LogP contribution in [0.15, 0.2) is 0 Å². The van der Waals surface area contributed by atoms with Gasteiger partial charge in [0.15, 0.2) is 0 Å². The molecule has 0 spiro atoms. The molecule has 14 heavy (non-hydrogen) atoms. The Bertz CT molecular complexity index is 238. The van der Waals surface area contributed by atoms with Crippen LogP contribution in [-0.4, -0.2) is 45.8 Å². The highest BCUT2D eigenvalue weighted by Gasteiger charge is 2.26. The molecular formula is C7H11NO6. The number of aliphatic carboxylic acids is 2. The maximum atomic E-state index is 10.4. The Morgan fingerprint density at radius 2 is 1.93 bits per heavy atom. The summed E-state index contributed by atoms with van der Waals surface area (Å²) in [5.41, 5.74) is 0. The second-order valence-corrected chi connectivity index (χ2v) is 2.55. The van der Waals surface area contributed by atoms with Crippen molar-refractivity contribution in [3.05, 3.63) is 0 Å². The van der Waals surface area contributed by atoms with Crippen molar-refractivity contribution in [2.24, 2.45) is 0 Å². The molecule has 0 saturated carbocycles. The molecule has 4 N–H and O–H groups in total. The third kappa shape index (κ3) is 5.09. The van der Waals surface area contributed by atoms with Gasteiger partial charge in [-0.15, -0.1) is 0 Å². The van der Waals surface area contributed by atoms with E-state index >= 15 is 0 Å². The van der Waals surface area contributed by atoms with E-state index < -0.39 is 24.6 Å². The number of rotatable bonds is 2. The monoisotopic (exact) mass is 205 g/mol. The zero-order valence-corrected chi connectivity index (χ0v) is 7.27. The van der Waals surface area contributed by atoms with Gasteiger partial charge in [-0.05, 0) is 6.42 Å². The van der Waals surface area contributed by atoms with Gasteiger partial charge >= 0.3 is 11.9 Å². The molecular weight excluding hydrogens is 194 g/mol. The quantitative estimate of drug-likeness (QED) is 0.431. The number of amides is 1. The molecule has 1 aliphatic rings. The fourth-order valence-corrected chi connectivity index (χ4v) is 0.799. The topological polar surface area (TPSA) is 124 Å². The van der Waals surface area contributed by atoms with E-state index in [0.717, 1.165) is 0 Å². The van der Waals surface area contributed by atoms with Gasteiger partial charge in [0.1, 0.15) is 12.6 Å². The summed E-state index contributed by atoms with van der Waals surface area (Å²) in [4.78, 5) is 29.6. The predicted molar refractivity (Wildman–Crippen MR) is 43.5 cm³/mol. The molecule has 1 aliphatic heterocycles. The number of nitrogens with one attached hydrogen (secondary N) is 1. The van der Waals surface area contributed by atoms with Gasteiger partial charge in [-0.25, -0.2) is 9.59 Å². The summed E-state index contributed by atoms with van der Waals surface area (Å²) >= 11 is 0. The average molecular weight is 205 g/mol. The maximum absolute atomic E-state index is 10.4. The lowest BCUT2D eigenvalue weighted by atomic mass is 10.2. The lowest BCUT2D eigenvalue weighted by Crippen LogP contribution is -2.32. The molecule has 7 nitrogen and oxygen atoms in total. The van der Waals surface area contributed by atoms with Crippen LogP contribution < -0.4 is 5.32 Å². The van der Waals surface area contributed by atoms with Gasteiger partial charge in [0.25, 0.3) is 0 Å². The van der Waals surface area contributed by atoms with Gasteiger partial charge in [-0.2, -0.15) is 0 Å². The summed E-state index contributed by atoms with van der Waals surface area (Å²) in [7, 11) is 0. The number of carboxylic acid groups (broad SMARTS) is 2. The van der Waals surface area contributed by atoms with Gasteiger partial charge in [0, 0.05) is 6.42 Å². The SMILES string of the molecule is O=C(O)CO.O=C1CCC(C(=O)O)N1. The van der Waals surface area contributed by atoms with Crippen molar-refractivity contribution in [1.82, 2.24) is 5.32 Å². The fourth-order valence-electron chi connectivity index (χ4n) is 0.799. The molecule has 1 saturated heterocycles. The van der Waals surface area contributed by atoms with Gasteiger partial charge < -0.3 is 20.6 Å². The minimum Gasteiger partial charge on any atom is -0.480 e. The van der Waals surface area contributed by atoms with Crippen LogP contribution in [0.3, 0.4) is 0 Å². The van der Waals surface area contributed by atoms with Gasteiger partial charge in [-0.3, -0.25) is 4.79 Å². The van der Waals surface area contributed by atoms with E-state index in [1.807, 2.05) is 0 Å². The summed E-state index contributed by atoms with van der Waals surface area (Å²) in [6, 6.07) is -0.641. The highest BCUT2D eigenvalue weighted by atomic mass is 16.4. The molecule has 0 aromatic carbocycles. The van der Waals surface area contributed by atoms with Crippen LogP contribution in [-0.2, 0) is 14.4 Å². The highest BCUT2D eigenvalue weighted by Crippen LogP contribution is 2.05. The first-order valence-electron chi connectivity index (χ1n) is 3.82. The van der Waals surface area contributed by atoms with Crippen LogP contribution in [0.1, 0.15) is 12.8 Å². The lowest BCUT2D eigenvalue weighted by Gasteiger charge is -1.99.